The highest BCUT2D eigenvalue weighted by molar-refractivity contribution is 9.10. The number of rotatable bonds is 4. The highest BCUT2D eigenvalue weighted by Crippen LogP contribution is 2.27. The highest BCUT2D eigenvalue weighted by atomic mass is 79.9. The Kier molecular flexibility index (Phi) is 4.70. The molecule has 0 aliphatic carbocycles. The van der Waals surface area contributed by atoms with Gasteiger partial charge in [0.05, 0.1) is 5.69 Å². The first kappa shape index (κ1) is 14.9. The average molecular weight is 338 g/mol. The van der Waals surface area contributed by atoms with Gasteiger partial charge in [-0.25, -0.2) is 14.4 Å². The minimum Gasteiger partial charge on any atom is -0.370 e. The van der Waals surface area contributed by atoms with Crippen LogP contribution in [0.5, 0.6) is 0 Å². The summed E-state index contributed by atoms with van der Waals surface area (Å²) in [5.41, 5.74) is 1.07. The lowest BCUT2D eigenvalue weighted by atomic mass is 10.1. The van der Waals surface area contributed by atoms with Gasteiger partial charge in [0.2, 0.25) is 0 Å². The van der Waals surface area contributed by atoms with Crippen molar-refractivity contribution in [3.8, 4) is 11.3 Å². The Balaban J connectivity index is 2.57. The quantitative estimate of drug-likeness (QED) is 0.885. The van der Waals surface area contributed by atoms with E-state index in [2.05, 4.69) is 31.2 Å². The molecular weight excluding hydrogens is 321 g/mol. The first-order valence-electron chi connectivity index (χ1n) is 6.59. The van der Waals surface area contributed by atoms with Crippen LogP contribution in [0.2, 0.25) is 0 Å². The van der Waals surface area contributed by atoms with E-state index in [0.717, 1.165) is 16.8 Å². The van der Waals surface area contributed by atoms with Crippen molar-refractivity contribution >= 4 is 21.7 Å². The van der Waals surface area contributed by atoms with E-state index in [-0.39, 0.29) is 11.7 Å². The third-order valence-electron chi connectivity index (χ3n) is 2.82. The molecule has 0 bridgehead atoms. The molecule has 2 rings (SSSR count). The van der Waals surface area contributed by atoms with E-state index in [1.165, 1.54) is 6.07 Å². The molecule has 106 valence electrons. The Hall–Kier alpha value is -1.49. The fourth-order valence-electron chi connectivity index (χ4n) is 1.83. The molecule has 0 unspecified atom stereocenters. The van der Waals surface area contributed by atoms with Crippen LogP contribution in [0.4, 0.5) is 10.2 Å². The van der Waals surface area contributed by atoms with Gasteiger partial charge in [-0.1, -0.05) is 29.8 Å². The molecule has 0 spiro atoms. The van der Waals surface area contributed by atoms with Crippen LogP contribution < -0.4 is 5.32 Å². The van der Waals surface area contributed by atoms with Crippen LogP contribution in [0.25, 0.3) is 11.3 Å². The van der Waals surface area contributed by atoms with Crippen molar-refractivity contribution in [1.82, 2.24) is 9.97 Å². The van der Waals surface area contributed by atoms with Crippen molar-refractivity contribution in [2.75, 3.05) is 11.9 Å². The predicted molar refractivity (Wildman–Crippen MR) is 83.4 cm³/mol. The minimum atomic E-state index is -0.288. The van der Waals surface area contributed by atoms with Crippen molar-refractivity contribution in [2.45, 2.75) is 26.7 Å². The van der Waals surface area contributed by atoms with Crippen LogP contribution in [0, 0.1) is 5.82 Å². The van der Waals surface area contributed by atoms with E-state index in [4.69, 9.17) is 0 Å². The van der Waals surface area contributed by atoms with Crippen LogP contribution >= 0.6 is 15.9 Å². The Morgan fingerprint density at radius 1 is 1.25 bits per heavy atom. The number of halogens is 2. The van der Waals surface area contributed by atoms with Crippen LogP contribution in [-0.4, -0.2) is 16.5 Å². The predicted octanol–water partition coefficient (Wildman–Crippen LogP) is 4.60. The smallest absolute Gasteiger partial charge is 0.133 e. The minimum absolute atomic E-state index is 0.183. The van der Waals surface area contributed by atoms with Crippen LogP contribution in [0.15, 0.2) is 28.7 Å². The Bertz CT molecular complexity index is 614. The maximum absolute atomic E-state index is 14.0. The molecule has 0 amide bonds. The normalized spacial score (nSPS) is 10.9. The number of nitrogens with zero attached hydrogens (tertiary/aromatic N) is 2. The van der Waals surface area contributed by atoms with Crippen molar-refractivity contribution in [2.24, 2.45) is 0 Å². The summed E-state index contributed by atoms with van der Waals surface area (Å²) in [6, 6.07) is 6.62. The second-order valence-electron chi connectivity index (χ2n) is 4.81. The number of anilines is 1. The van der Waals surface area contributed by atoms with Gasteiger partial charge in [-0.2, -0.15) is 0 Å². The monoisotopic (exact) mass is 337 g/mol. The van der Waals surface area contributed by atoms with Gasteiger partial charge in [0, 0.05) is 28.6 Å². The van der Waals surface area contributed by atoms with Crippen LogP contribution in [0.1, 0.15) is 32.5 Å². The molecule has 0 saturated carbocycles. The number of nitrogens with one attached hydrogen (secondary N) is 1. The molecule has 1 N–H and O–H groups in total. The Morgan fingerprint density at radius 2 is 2.00 bits per heavy atom. The SMILES string of the molecule is CCNc1cc(-c2cc(Br)ccc2F)nc(C(C)C)n1. The molecule has 20 heavy (non-hydrogen) atoms. The lowest BCUT2D eigenvalue weighted by Crippen LogP contribution is -2.06. The van der Waals surface area contributed by atoms with Gasteiger partial charge in [-0.05, 0) is 25.1 Å². The average Bonchev–Trinajstić information content (AvgIpc) is 2.41. The fraction of sp³-hybridized carbons (Fsp3) is 0.333. The third kappa shape index (κ3) is 3.33. The van der Waals surface area contributed by atoms with E-state index in [1.54, 1.807) is 18.2 Å². The summed E-state index contributed by atoms with van der Waals surface area (Å²) < 4.78 is 14.8. The lowest BCUT2D eigenvalue weighted by Gasteiger charge is -2.11. The van der Waals surface area contributed by atoms with Gasteiger partial charge in [0.1, 0.15) is 17.5 Å². The first-order chi connectivity index (χ1) is 9.51. The van der Waals surface area contributed by atoms with Crippen molar-refractivity contribution in [3.63, 3.8) is 0 Å². The first-order valence-corrected chi connectivity index (χ1v) is 7.38. The third-order valence-corrected chi connectivity index (χ3v) is 3.32. The summed E-state index contributed by atoms with van der Waals surface area (Å²) in [4.78, 5) is 8.92. The zero-order valence-electron chi connectivity index (χ0n) is 11.7. The van der Waals surface area contributed by atoms with Gasteiger partial charge in [-0.3, -0.25) is 0 Å². The van der Waals surface area contributed by atoms with Gasteiger partial charge < -0.3 is 5.32 Å². The maximum atomic E-state index is 14.0. The maximum Gasteiger partial charge on any atom is 0.133 e. The fourth-order valence-corrected chi connectivity index (χ4v) is 2.19. The molecule has 0 aliphatic heterocycles. The second-order valence-corrected chi connectivity index (χ2v) is 5.72. The van der Waals surface area contributed by atoms with Gasteiger partial charge in [0.15, 0.2) is 0 Å². The molecule has 0 atom stereocenters. The Labute approximate surface area is 126 Å². The van der Waals surface area contributed by atoms with E-state index >= 15 is 0 Å². The summed E-state index contributed by atoms with van der Waals surface area (Å²) in [5.74, 6) is 1.32. The highest BCUT2D eigenvalue weighted by Gasteiger charge is 2.12. The molecule has 0 fully saturated rings. The van der Waals surface area contributed by atoms with E-state index in [1.807, 2.05) is 20.8 Å². The molecule has 0 radical (unpaired) electrons. The Morgan fingerprint density at radius 3 is 2.65 bits per heavy atom. The number of hydrogen-bond acceptors (Lipinski definition) is 3. The molecule has 1 heterocycles. The second kappa shape index (κ2) is 6.31. The number of benzene rings is 1. The molecule has 0 aliphatic rings. The molecule has 5 heteroatoms. The van der Waals surface area contributed by atoms with E-state index in [0.29, 0.717) is 17.1 Å². The molecular formula is C15H17BrFN3. The summed E-state index contributed by atoms with van der Waals surface area (Å²) >= 11 is 3.36. The van der Waals surface area contributed by atoms with Gasteiger partial charge in [0.25, 0.3) is 0 Å². The van der Waals surface area contributed by atoms with Gasteiger partial charge in [-0.15, -0.1) is 0 Å². The standard InChI is InChI=1S/C15H17BrFN3/c1-4-18-14-8-13(19-15(20-14)9(2)3)11-7-10(16)5-6-12(11)17/h5-9H,4H2,1-3H3,(H,18,19,20). The molecule has 2 aromatic rings. The summed E-state index contributed by atoms with van der Waals surface area (Å²) in [7, 11) is 0. The van der Waals surface area contributed by atoms with Gasteiger partial charge >= 0.3 is 0 Å². The van der Waals surface area contributed by atoms with Crippen LogP contribution in [-0.2, 0) is 0 Å². The molecule has 1 aromatic carbocycles. The van der Waals surface area contributed by atoms with E-state index in [9.17, 15) is 4.39 Å². The van der Waals surface area contributed by atoms with E-state index < -0.39 is 0 Å². The molecule has 0 saturated heterocycles. The molecule has 1 aromatic heterocycles. The number of hydrogen-bond donors (Lipinski definition) is 1. The van der Waals surface area contributed by atoms with Crippen LogP contribution in [0.3, 0.4) is 0 Å². The largest absolute Gasteiger partial charge is 0.370 e. The summed E-state index contributed by atoms with van der Waals surface area (Å²) in [6.45, 7) is 6.80. The molecule has 3 nitrogen and oxygen atoms in total. The zero-order valence-corrected chi connectivity index (χ0v) is 13.3. The van der Waals surface area contributed by atoms with Crippen molar-refractivity contribution < 1.29 is 4.39 Å². The topological polar surface area (TPSA) is 37.8 Å². The van der Waals surface area contributed by atoms with Crippen molar-refractivity contribution in [3.05, 3.63) is 40.4 Å². The number of aromatic nitrogens is 2. The summed E-state index contributed by atoms with van der Waals surface area (Å²) in [6.07, 6.45) is 0. The van der Waals surface area contributed by atoms with Crippen molar-refractivity contribution in [1.29, 1.82) is 0 Å². The lowest BCUT2D eigenvalue weighted by molar-refractivity contribution is 0.630. The summed E-state index contributed by atoms with van der Waals surface area (Å²) in [5, 5.41) is 3.16. The zero-order chi connectivity index (χ0) is 14.7.